The van der Waals surface area contributed by atoms with Gasteiger partial charge in [-0.25, -0.2) is 8.42 Å². The molecule has 0 saturated heterocycles. The number of hydrogen-bond donors (Lipinski definition) is 2. The Morgan fingerprint density at radius 2 is 2.09 bits per heavy atom. The van der Waals surface area contributed by atoms with Crippen LogP contribution in [0.5, 0.6) is 5.75 Å². The molecule has 0 fully saturated rings. The van der Waals surface area contributed by atoms with E-state index < -0.39 is 21.7 Å². The molecule has 0 saturated carbocycles. The van der Waals surface area contributed by atoms with Crippen LogP contribution in [0.2, 0.25) is 0 Å². The van der Waals surface area contributed by atoms with Crippen LogP contribution in [0, 0.1) is 0 Å². The lowest BCUT2D eigenvalue weighted by molar-refractivity contribution is 0.0122. The lowest BCUT2D eigenvalue weighted by atomic mass is 9.91. The van der Waals surface area contributed by atoms with Gasteiger partial charge in [0, 0.05) is 12.0 Å². The molecule has 0 bridgehead atoms. The van der Waals surface area contributed by atoms with Crippen LogP contribution in [-0.2, 0) is 10.0 Å². The summed E-state index contributed by atoms with van der Waals surface area (Å²) in [6.07, 6.45) is -0.217. The van der Waals surface area contributed by atoms with Crippen LogP contribution in [0.4, 0.5) is 5.69 Å². The summed E-state index contributed by atoms with van der Waals surface area (Å²) in [5.41, 5.74) is 0.389. The van der Waals surface area contributed by atoms with Gasteiger partial charge in [0.15, 0.2) is 0 Å². The maximum atomic E-state index is 12.4. The Hall–Kier alpha value is -1.57. The largest absolute Gasteiger partial charge is 0.485 e. The Labute approximate surface area is 133 Å². The highest BCUT2D eigenvalue weighted by atomic mass is 32.2. The number of sulfonamides is 1. The molecule has 0 radical (unpaired) electrons. The summed E-state index contributed by atoms with van der Waals surface area (Å²) in [6, 6.07) is 8.32. The highest BCUT2D eigenvalue weighted by molar-refractivity contribution is 7.94. The van der Waals surface area contributed by atoms with Crippen molar-refractivity contribution >= 4 is 27.0 Å². The third-order valence-electron chi connectivity index (χ3n) is 3.47. The lowest BCUT2D eigenvalue weighted by Gasteiger charge is -2.36. The van der Waals surface area contributed by atoms with Crippen LogP contribution < -0.4 is 9.46 Å². The lowest BCUT2D eigenvalue weighted by Crippen LogP contribution is -2.35. The van der Waals surface area contributed by atoms with Crippen molar-refractivity contribution in [3.8, 4) is 5.75 Å². The van der Waals surface area contributed by atoms with E-state index in [4.69, 9.17) is 4.74 Å². The fraction of sp³-hybridized carbons (Fsp3) is 0.333. The molecule has 2 heterocycles. The van der Waals surface area contributed by atoms with E-state index in [1.54, 1.807) is 35.7 Å². The van der Waals surface area contributed by atoms with Gasteiger partial charge < -0.3 is 9.84 Å². The molecule has 1 aromatic heterocycles. The average Bonchev–Trinajstić information content (AvgIpc) is 2.93. The normalized spacial score (nSPS) is 20.0. The summed E-state index contributed by atoms with van der Waals surface area (Å²) in [5.74, 6) is 0.395. The van der Waals surface area contributed by atoms with Crippen LogP contribution in [0.3, 0.4) is 0 Å². The minimum absolute atomic E-state index is 0.237. The molecule has 3 rings (SSSR count). The van der Waals surface area contributed by atoms with Crippen LogP contribution in [0.25, 0.3) is 0 Å². The monoisotopic (exact) mass is 339 g/mol. The van der Waals surface area contributed by atoms with Gasteiger partial charge in [-0.2, -0.15) is 0 Å². The zero-order valence-corrected chi connectivity index (χ0v) is 13.9. The van der Waals surface area contributed by atoms with Crippen LogP contribution >= 0.6 is 11.3 Å². The Morgan fingerprint density at radius 1 is 1.32 bits per heavy atom. The first-order valence-corrected chi connectivity index (χ1v) is 9.21. The highest BCUT2D eigenvalue weighted by Gasteiger charge is 2.34. The Morgan fingerprint density at radius 3 is 2.77 bits per heavy atom. The van der Waals surface area contributed by atoms with E-state index in [2.05, 4.69) is 4.72 Å². The van der Waals surface area contributed by atoms with Gasteiger partial charge in [0.2, 0.25) is 0 Å². The van der Waals surface area contributed by atoms with Gasteiger partial charge in [0.05, 0.1) is 11.8 Å². The van der Waals surface area contributed by atoms with Crippen molar-refractivity contribution in [2.24, 2.45) is 0 Å². The molecule has 1 aromatic carbocycles. The molecule has 0 aliphatic carbocycles. The number of nitrogens with one attached hydrogen (secondary N) is 1. The summed E-state index contributed by atoms with van der Waals surface area (Å²) in [6.45, 7) is 3.73. The Kier molecular flexibility index (Phi) is 3.66. The molecule has 0 amide bonds. The van der Waals surface area contributed by atoms with Crippen molar-refractivity contribution in [2.75, 3.05) is 4.72 Å². The van der Waals surface area contributed by atoms with E-state index in [1.165, 1.54) is 0 Å². The summed E-state index contributed by atoms with van der Waals surface area (Å²) < 4.78 is 33.4. The Bertz CT molecular complexity index is 782. The summed E-state index contributed by atoms with van der Waals surface area (Å²) >= 11 is 1.15. The quantitative estimate of drug-likeness (QED) is 0.901. The molecule has 7 heteroatoms. The van der Waals surface area contributed by atoms with Crippen molar-refractivity contribution in [1.82, 2.24) is 0 Å². The second kappa shape index (κ2) is 5.26. The first-order chi connectivity index (χ1) is 10.3. The topological polar surface area (TPSA) is 75.6 Å². The maximum Gasteiger partial charge on any atom is 0.271 e. The molecular formula is C15H17NO4S2. The first-order valence-electron chi connectivity index (χ1n) is 6.85. The molecule has 2 aromatic rings. The van der Waals surface area contributed by atoms with Crippen LogP contribution in [0.15, 0.2) is 39.9 Å². The number of hydrogen-bond acceptors (Lipinski definition) is 5. The van der Waals surface area contributed by atoms with E-state index >= 15 is 0 Å². The zero-order chi connectivity index (χ0) is 16.0. The van der Waals surface area contributed by atoms with Gasteiger partial charge in [-0.3, -0.25) is 4.72 Å². The molecule has 22 heavy (non-hydrogen) atoms. The third kappa shape index (κ3) is 2.84. The molecule has 0 spiro atoms. The van der Waals surface area contributed by atoms with Crippen molar-refractivity contribution in [2.45, 2.75) is 36.2 Å². The maximum absolute atomic E-state index is 12.4. The van der Waals surface area contributed by atoms with Gasteiger partial charge in [-0.1, -0.05) is 18.2 Å². The SMILES string of the molecule is CC1(C)C[C@H](O)c2cccc(NS(=O)(=O)c3cccs3)c2O1. The molecular weight excluding hydrogens is 322 g/mol. The number of anilines is 1. The molecule has 1 atom stereocenters. The van der Waals surface area contributed by atoms with Crippen LogP contribution in [-0.4, -0.2) is 19.1 Å². The predicted octanol–water partition coefficient (Wildman–Crippen LogP) is 3.14. The van der Waals surface area contributed by atoms with Crippen molar-refractivity contribution in [3.63, 3.8) is 0 Å². The fourth-order valence-corrected chi connectivity index (χ4v) is 4.57. The van der Waals surface area contributed by atoms with Crippen LogP contribution in [0.1, 0.15) is 31.9 Å². The molecule has 5 nitrogen and oxygen atoms in total. The zero-order valence-electron chi connectivity index (χ0n) is 12.2. The van der Waals surface area contributed by atoms with Gasteiger partial charge in [-0.15, -0.1) is 11.3 Å². The average molecular weight is 339 g/mol. The first kappa shape index (κ1) is 15.3. The predicted molar refractivity (Wildman–Crippen MR) is 85.9 cm³/mol. The summed E-state index contributed by atoms with van der Waals surface area (Å²) in [5, 5.41) is 12.0. The van der Waals surface area contributed by atoms with Crippen molar-refractivity contribution in [1.29, 1.82) is 0 Å². The number of ether oxygens (including phenoxy) is 1. The second-order valence-electron chi connectivity index (χ2n) is 5.84. The molecule has 0 unspecified atom stereocenters. The number of rotatable bonds is 3. The number of aliphatic hydroxyl groups excluding tert-OH is 1. The van der Waals surface area contributed by atoms with Gasteiger partial charge in [0.25, 0.3) is 10.0 Å². The van der Waals surface area contributed by atoms with Crippen molar-refractivity contribution < 1.29 is 18.3 Å². The third-order valence-corrected chi connectivity index (χ3v) is 6.23. The number of benzene rings is 1. The van der Waals surface area contributed by atoms with E-state index in [-0.39, 0.29) is 4.21 Å². The van der Waals surface area contributed by atoms with E-state index in [0.29, 0.717) is 23.4 Å². The number of aliphatic hydroxyl groups is 1. The van der Waals surface area contributed by atoms with Crippen molar-refractivity contribution in [3.05, 3.63) is 41.3 Å². The fourth-order valence-electron chi connectivity index (χ4n) is 2.52. The summed E-state index contributed by atoms with van der Waals surface area (Å²) in [4.78, 5) is 0. The summed E-state index contributed by atoms with van der Waals surface area (Å²) in [7, 11) is -3.65. The second-order valence-corrected chi connectivity index (χ2v) is 8.70. The number of thiophene rings is 1. The number of para-hydroxylation sites is 1. The molecule has 2 N–H and O–H groups in total. The molecule has 118 valence electrons. The smallest absolute Gasteiger partial charge is 0.271 e. The molecule has 1 aliphatic rings. The van der Waals surface area contributed by atoms with E-state index in [9.17, 15) is 13.5 Å². The van der Waals surface area contributed by atoms with Gasteiger partial charge in [-0.05, 0) is 31.4 Å². The standard InChI is InChI=1S/C15H17NO4S2/c1-15(2)9-12(17)10-5-3-6-11(14(10)20-15)16-22(18,19)13-7-4-8-21-13/h3-8,12,16-17H,9H2,1-2H3/t12-/m0/s1. The highest BCUT2D eigenvalue weighted by Crippen LogP contribution is 2.44. The minimum Gasteiger partial charge on any atom is -0.485 e. The van der Waals surface area contributed by atoms with E-state index in [1.807, 2.05) is 13.8 Å². The van der Waals surface area contributed by atoms with Gasteiger partial charge >= 0.3 is 0 Å². The Balaban J connectivity index is 2.02. The number of fused-ring (bicyclic) bond motifs is 1. The molecule has 1 aliphatic heterocycles. The van der Waals surface area contributed by atoms with E-state index in [0.717, 1.165) is 11.3 Å². The van der Waals surface area contributed by atoms with Gasteiger partial charge in [0.1, 0.15) is 15.6 Å². The minimum atomic E-state index is -3.65.